The average molecular weight is 325 g/mol. The molecule has 128 valence electrons. The first-order chi connectivity index (χ1) is 11.7. The van der Waals surface area contributed by atoms with Crippen molar-refractivity contribution in [3.05, 3.63) is 47.8 Å². The lowest BCUT2D eigenvalue weighted by molar-refractivity contribution is 0.0920. The van der Waals surface area contributed by atoms with Crippen molar-refractivity contribution in [2.45, 2.75) is 58.4 Å². The Morgan fingerprint density at radius 2 is 1.88 bits per heavy atom. The number of nitrogens with zero attached hydrogens (tertiary/aromatic N) is 2. The standard InChI is InChI=1S/C20H27N3O/c1-3-15-10-12-16(13-11-15)22-20(24)18-14-21-23(19(18)4-2)17-8-6-5-7-9-17/h5-9,14-16H,3-4,10-13H2,1-2H3,(H,22,24). The van der Waals surface area contributed by atoms with E-state index in [1.54, 1.807) is 6.20 Å². The van der Waals surface area contributed by atoms with Crippen LogP contribution in [0.3, 0.4) is 0 Å². The molecule has 0 aliphatic heterocycles. The Labute approximate surface area is 144 Å². The quantitative estimate of drug-likeness (QED) is 0.898. The topological polar surface area (TPSA) is 46.9 Å². The van der Waals surface area contributed by atoms with Gasteiger partial charge in [0.15, 0.2) is 0 Å². The Balaban J connectivity index is 1.73. The van der Waals surface area contributed by atoms with E-state index in [4.69, 9.17) is 0 Å². The molecule has 1 amide bonds. The number of nitrogens with one attached hydrogen (secondary N) is 1. The fraction of sp³-hybridized carbons (Fsp3) is 0.500. The summed E-state index contributed by atoms with van der Waals surface area (Å²) in [5.41, 5.74) is 2.68. The molecule has 0 atom stereocenters. The van der Waals surface area contributed by atoms with Gasteiger partial charge >= 0.3 is 0 Å². The molecule has 24 heavy (non-hydrogen) atoms. The molecular weight excluding hydrogens is 298 g/mol. The van der Waals surface area contributed by atoms with Crippen LogP contribution in [0.25, 0.3) is 5.69 Å². The largest absolute Gasteiger partial charge is 0.349 e. The fourth-order valence-electron chi connectivity index (χ4n) is 3.67. The van der Waals surface area contributed by atoms with Crippen LogP contribution in [-0.2, 0) is 6.42 Å². The smallest absolute Gasteiger partial charge is 0.254 e. The van der Waals surface area contributed by atoms with Crippen LogP contribution in [0.5, 0.6) is 0 Å². The third-order valence-corrected chi connectivity index (χ3v) is 5.21. The maximum Gasteiger partial charge on any atom is 0.254 e. The van der Waals surface area contributed by atoms with Crippen molar-refractivity contribution < 1.29 is 4.79 Å². The molecule has 0 saturated heterocycles. The maximum absolute atomic E-state index is 12.7. The minimum absolute atomic E-state index is 0.0222. The minimum Gasteiger partial charge on any atom is -0.349 e. The first-order valence-corrected chi connectivity index (χ1v) is 9.16. The van der Waals surface area contributed by atoms with Gasteiger partial charge in [-0.15, -0.1) is 0 Å². The molecule has 1 aliphatic rings. The lowest BCUT2D eigenvalue weighted by Crippen LogP contribution is -2.37. The number of carbonyl (C=O) groups is 1. The number of rotatable bonds is 5. The summed E-state index contributed by atoms with van der Waals surface area (Å²) in [6, 6.07) is 10.3. The molecule has 1 saturated carbocycles. The molecular formula is C20H27N3O. The first-order valence-electron chi connectivity index (χ1n) is 9.16. The molecule has 1 fully saturated rings. The van der Waals surface area contributed by atoms with Crippen molar-refractivity contribution >= 4 is 5.91 Å². The molecule has 1 aliphatic carbocycles. The Morgan fingerprint density at radius 3 is 2.50 bits per heavy atom. The second-order valence-corrected chi connectivity index (χ2v) is 6.71. The second-order valence-electron chi connectivity index (χ2n) is 6.71. The lowest BCUT2D eigenvalue weighted by Gasteiger charge is -2.28. The third-order valence-electron chi connectivity index (χ3n) is 5.21. The highest BCUT2D eigenvalue weighted by molar-refractivity contribution is 5.95. The summed E-state index contributed by atoms with van der Waals surface area (Å²) < 4.78 is 1.88. The number of benzene rings is 1. The second kappa shape index (κ2) is 7.65. The fourth-order valence-corrected chi connectivity index (χ4v) is 3.67. The van der Waals surface area contributed by atoms with E-state index in [0.717, 1.165) is 36.6 Å². The van der Waals surface area contributed by atoms with Crippen molar-refractivity contribution in [1.29, 1.82) is 0 Å². The van der Waals surface area contributed by atoms with Crippen molar-refractivity contribution in [1.82, 2.24) is 15.1 Å². The van der Waals surface area contributed by atoms with Crippen LogP contribution in [0.2, 0.25) is 0 Å². The summed E-state index contributed by atoms with van der Waals surface area (Å²) in [6.45, 7) is 4.33. The van der Waals surface area contributed by atoms with E-state index >= 15 is 0 Å². The maximum atomic E-state index is 12.7. The molecule has 4 heteroatoms. The summed E-state index contributed by atoms with van der Waals surface area (Å²) in [7, 11) is 0. The summed E-state index contributed by atoms with van der Waals surface area (Å²) in [5.74, 6) is 0.860. The van der Waals surface area contributed by atoms with Gasteiger partial charge in [0.1, 0.15) is 0 Å². The van der Waals surface area contributed by atoms with Gasteiger partial charge in [-0.2, -0.15) is 5.10 Å². The highest BCUT2D eigenvalue weighted by Crippen LogP contribution is 2.27. The molecule has 0 spiro atoms. The summed E-state index contributed by atoms with van der Waals surface area (Å²) in [6.07, 6.45) is 8.39. The average Bonchev–Trinajstić information content (AvgIpc) is 3.07. The van der Waals surface area contributed by atoms with Crippen molar-refractivity contribution in [3.8, 4) is 5.69 Å². The monoisotopic (exact) mass is 325 g/mol. The normalized spacial score (nSPS) is 20.8. The van der Waals surface area contributed by atoms with Gasteiger partial charge in [0, 0.05) is 6.04 Å². The highest BCUT2D eigenvalue weighted by atomic mass is 16.1. The Kier molecular flexibility index (Phi) is 5.34. The first kappa shape index (κ1) is 16.7. The molecule has 0 unspecified atom stereocenters. The zero-order chi connectivity index (χ0) is 16.9. The number of hydrogen-bond acceptors (Lipinski definition) is 2. The van der Waals surface area contributed by atoms with E-state index < -0.39 is 0 Å². The van der Waals surface area contributed by atoms with Crippen LogP contribution in [-0.4, -0.2) is 21.7 Å². The number of aromatic nitrogens is 2. The van der Waals surface area contributed by atoms with Crippen LogP contribution >= 0.6 is 0 Å². The molecule has 1 aromatic carbocycles. The molecule has 4 nitrogen and oxygen atoms in total. The number of para-hydroxylation sites is 1. The van der Waals surface area contributed by atoms with Gasteiger partial charge in [0.2, 0.25) is 0 Å². The van der Waals surface area contributed by atoms with Gasteiger partial charge in [-0.05, 0) is 50.2 Å². The van der Waals surface area contributed by atoms with E-state index in [9.17, 15) is 4.79 Å². The zero-order valence-corrected chi connectivity index (χ0v) is 14.7. The predicted molar refractivity (Wildman–Crippen MR) is 96.4 cm³/mol. The molecule has 0 radical (unpaired) electrons. The van der Waals surface area contributed by atoms with Crippen LogP contribution in [0, 0.1) is 5.92 Å². The van der Waals surface area contributed by atoms with Gasteiger partial charge in [-0.3, -0.25) is 4.79 Å². The highest BCUT2D eigenvalue weighted by Gasteiger charge is 2.24. The van der Waals surface area contributed by atoms with Crippen LogP contribution in [0.1, 0.15) is 62.0 Å². The minimum atomic E-state index is 0.0222. The van der Waals surface area contributed by atoms with E-state index in [2.05, 4.69) is 24.3 Å². The van der Waals surface area contributed by atoms with Crippen molar-refractivity contribution in [2.75, 3.05) is 0 Å². The van der Waals surface area contributed by atoms with Gasteiger partial charge in [0.05, 0.1) is 23.1 Å². The number of hydrogen-bond donors (Lipinski definition) is 1. The Morgan fingerprint density at radius 1 is 1.17 bits per heavy atom. The lowest BCUT2D eigenvalue weighted by atomic mass is 9.84. The molecule has 1 heterocycles. The van der Waals surface area contributed by atoms with Gasteiger partial charge in [-0.25, -0.2) is 4.68 Å². The Bertz CT molecular complexity index is 669. The van der Waals surface area contributed by atoms with E-state index in [1.165, 1.54) is 19.3 Å². The Hall–Kier alpha value is -2.10. The van der Waals surface area contributed by atoms with E-state index in [1.807, 2.05) is 35.0 Å². The van der Waals surface area contributed by atoms with Gasteiger partial charge in [-0.1, -0.05) is 38.5 Å². The summed E-state index contributed by atoms with van der Waals surface area (Å²) in [5, 5.41) is 7.68. The third kappa shape index (κ3) is 3.53. The van der Waals surface area contributed by atoms with Crippen molar-refractivity contribution in [3.63, 3.8) is 0 Å². The molecule has 2 aromatic rings. The van der Waals surface area contributed by atoms with Crippen LogP contribution in [0.4, 0.5) is 0 Å². The van der Waals surface area contributed by atoms with Gasteiger partial charge < -0.3 is 5.32 Å². The molecule has 3 rings (SSSR count). The van der Waals surface area contributed by atoms with E-state index in [-0.39, 0.29) is 5.91 Å². The van der Waals surface area contributed by atoms with Crippen molar-refractivity contribution in [2.24, 2.45) is 5.92 Å². The molecule has 0 bridgehead atoms. The van der Waals surface area contributed by atoms with Crippen LogP contribution in [0.15, 0.2) is 36.5 Å². The van der Waals surface area contributed by atoms with E-state index in [0.29, 0.717) is 11.6 Å². The number of amides is 1. The summed E-state index contributed by atoms with van der Waals surface area (Å²) in [4.78, 5) is 12.7. The molecule has 1 N–H and O–H groups in total. The number of carbonyl (C=O) groups excluding carboxylic acids is 1. The summed E-state index contributed by atoms with van der Waals surface area (Å²) >= 11 is 0. The van der Waals surface area contributed by atoms with Crippen LogP contribution < -0.4 is 5.32 Å². The zero-order valence-electron chi connectivity index (χ0n) is 14.7. The van der Waals surface area contributed by atoms with Gasteiger partial charge in [0.25, 0.3) is 5.91 Å². The molecule has 1 aromatic heterocycles. The SMILES string of the molecule is CCc1c(C(=O)NC2CCC(CC)CC2)cnn1-c1ccccc1. The predicted octanol–water partition coefficient (Wildman–Crippen LogP) is 4.13.